The molecule has 1 nitrogen and oxygen atoms in total. The standard InChI is InChI=1S/C13H16Cl2FN/c14-8-10-3-5-17(6-4-10)9-11-1-2-12(16)7-13(11)15/h1-2,7,10H,3-6,8-9H2. The molecule has 0 radical (unpaired) electrons. The molecule has 0 atom stereocenters. The summed E-state index contributed by atoms with van der Waals surface area (Å²) in [4.78, 5) is 2.35. The second-order valence-electron chi connectivity index (χ2n) is 4.61. The van der Waals surface area contributed by atoms with Gasteiger partial charge in [-0.25, -0.2) is 4.39 Å². The van der Waals surface area contributed by atoms with Crippen molar-refractivity contribution in [3.63, 3.8) is 0 Å². The summed E-state index contributed by atoms with van der Waals surface area (Å²) in [5, 5.41) is 0.518. The van der Waals surface area contributed by atoms with Crippen LogP contribution in [0.2, 0.25) is 5.02 Å². The topological polar surface area (TPSA) is 3.24 Å². The first-order chi connectivity index (χ1) is 8.19. The fourth-order valence-electron chi connectivity index (χ4n) is 2.19. The number of alkyl halides is 1. The fourth-order valence-corrected chi connectivity index (χ4v) is 2.73. The number of benzene rings is 1. The molecule has 0 bridgehead atoms. The van der Waals surface area contributed by atoms with E-state index in [-0.39, 0.29) is 5.82 Å². The van der Waals surface area contributed by atoms with Crippen LogP contribution in [0.5, 0.6) is 0 Å². The van der Waals surface area contributed by atoms with E-state index < -0.39 is 0 Å². The van der Waals surface area contributed by atoms with Gasteiger partial charge in [0.05, 0.1) is 0 Å². The molecule has 2 rings (SSSR count). The molecule has 0 N–H and O–H groups in total. The molecule has 0 amide bonds. The van der Waals surface area contributed by atoms with Gasteiger partial charge in [0.1, 0.15) is 5.82 Å². The molecular weight excluding hydrogens is 260 g/mol. The lowest BCUT2D eigenvalue weighted by atomic mass is 9.98. The van der Waals surface area contributed by atoms with Crippen molar-refractivity contribution in [2.75, 3.05) is 19.0 Å². The Labute approximate surface area is 112 Å². The van der Waals surface area contributed by atoms with Gasteiger partial charge in [-0.1, -0.05) is 17.7 Å². The van der Waals surface area contributed by atoms with E-state index in [1.165, 1.54) is 12.1 Å². The van der Waals surface area contributed by atoms with Crippen molar-refractivity contribution >= 4 is 23.2 Å². The van der Waals surface area contributed by atoms with Crippen molar-refractivity contribution in [3.05, 3.63) is 34.6 Å². The molecule has 0 unspecified atom stereocenters. The Morgan fingerprint density at radius 3 is 2.59 bits per heavy atom. The van der Waals surface area contributed by atoms with Gasteiger partial charge in [-0.2, -0.15) is 0 Å². The molecule has 1 aromatic carbocycles. The summed E-state index contributed by atoms with van der Waals surface area (Å²) in [6, 6.07) is 4.61. The smallest absolute Gasteiger partial charge is 0.124 e. The normalized spacial score (nSPS) is 18.5. The van der Waals surface area contributed by atoms with Crippen LogP contribution in [0, 0.1) is 11.7 Å². The monoisotopic (exact) mass is 275 g/mol. The van der Waals surface area contributed by atoms with Crippen LogP contribution >= 0.6 is 23.2 Å². The van der Waals surface area contributed by atoms with Gasteiger partial charge < -0.3 is 0 Å². The minimum atomic E-state index is -0.278. The molecule has 4 heteroatoms. The van der Waals surface area contributed by atoms with E-state index >= 15 is 0 Å². The zero-order valence-corrected chi connectivity index (χ0v) is 11.1. The maximum Gasteiger partial charge on any atom is 0.124 e. The van der Waals surface area contributed by atoms with E-state index in [0.717, 1.165) is 43.9 Å². The quantitative estimate of drug-likeness (QED) is 0.756. The average molecular weight is 276 g/mol. The van der Waals surface area contributed by atoms with E-state index in [0.29, 0.717) is 10.9 Å². The van der Waals surface area contributed by atoms with Crippen molar-refractivity contribution < 1.29 is 4.39 Å². The van der Waals surface area contributed by atoms with Gasteiger partial charge in [-0.3, -0.25) is 4.90 Å². The van der Waals surface area contributed by atoms with E-state index in [1.807, 2.05) is 0 Å². The molecule has 0 aliphatic carbocycles. The summed E-state index contributed by atoms with van der Waals surface area (Å²) in [6.45, 7) is 2.89. The lowest BCUT2D eigenvalue weighted by molar-refractivity contribution is 0.186. The van der Waals surface area contributed by atoms with Gasteiger partial charge >= 0.3 is 0 Å². The highest BCUT2D eigenvalue weighted by Gasteiger charge is 2.18. The lowest BCUT2D eigenvalue weighted by Crippen LogP contribution is -2.33. The number of halogens is 3. The minimum Gasteiger partial charge on any atom is -0.299 e. The van der Waals surface area contributed by atoms with Crippen LogP contribution in [0.1, 0.15) is 18.4 Å². The SMILES string of the molecule is Fc1ccc(CN2CCC(CCl)CC2)c(Cl)c1. The molecule has 1 aliphatic heterocycles. The summed E-state index contributed by atoms with van der Waals surface area (Å²) in [5.74, 6) is 1.13. The first kappa shape index (κ1) is 13.1. The molecular formula is C13H16Cl2FN. The Balaban J connectivity index is 1.93. The maximum absolute atomic E-state index is 12.9. The lowest BCUT2D eigenvalue weighted by Gasteiger charge is -2.31. The van der Waals surface area contributed by atoms with Gasteiger partial charge in [0.15, 0.2) is 0 Å². The number of piperidine rings is 1. The number of likely N-dealkylation sites (tertiary alicyclic amines) is 1. The zero-order chi connectivity index (χ0) is 12.3. The minimum absolute atomic E-state index is 0.278. The van der Waals surface area contributed by atoms with Gasteiger partial charge in [0.25, 0.3) is 0 Å². The summed E-state index contributed by atoms with van der Waals surface area (Å²) < 4.78 is 12.9. The Morgan fingerprint density at radius 2 is 2.00 bits per heavy atom. The molecule has 0 aromatic heterocycles. The first-order valence-corrected chi connectivity index (χ1v) is 6.82. The van der Waals surface area contributed by atoms with Crippen LogP contribution in [-0.2, 0) is 6.54 Å². The summed E-state index contributed by atoms with van der Waals surface area (Å²) >= 11 is 11.9. The molecule has 0 spiro atoms. The van der Waals surface area contributed by atoms with E-state index in [9.17, 15) is 4.39 Å². The molecule has 1 saturated heterocycles. The number of nitrogens with zero attached hydrogens (tertiary/aromatic N) is 1. The van der Waals surface area contributed by atoms with E-state index in [1.54, 1.807) is 6.07 Å². The molecule has 17 heavy (non-hydrogen) atoms. The van der Waals surface area contributed by atoms with Gasteiger partial charge in [0.2, 0.25) is 0 Å². The Kier molecular flexibility index (Phi) is 4.66. The number of rotatable bonds is 3. The number of hydrogen-bond donors (Lipinski definition) is 0. The third-order valence-corrected chi connectivity index (χ3v) is 4.12. The van der Waals surface area contributed by atoms with Gasteiger partial charge in [0, 0.05) is 17.4 Å². The Bertz CT molecular complexity index is 376. The molecule has 1 heterocycles. The second kappa shape index (κ2) is 6.03. The van der Waals surface area contributed by atoms with E-state index in [4.69, 9.17) is 23.2 Å². The van der Waals surface area contributed by atoms with Crippen molar-refractivity contribution in [2.24, 2.45) is 5.92 Å². The highest BCUT2D eigenvalue weighted by atomic mass is 35.5. The summed E-state index contributed by atoms with van der Waals surface area (Å²) in [7, 11) is 0. The summed E-state index contributed by atoms with van der Waals surface area (Å²) in [5.41, 5.74) is 0.998. The molecule has 1 aromatic rings. The predicted octanol–water partition coefficient (Wildman–Crippen LogP) is 3.93. The van der Waals surface area contributed by atoms with Crippen molar-refractivity contribution in [1.82, 2.24) is 4.90 Å². The van der Waals surface area contributed by atoms with Crippen molar-refractivity contribution in [2.45, 2.75) is 19.4 Å². The molecule has 1 aliphatic rings. The number of hydrogen-bond acceptors (Lipinski definition) is 1. The molecule has 0 saturated carbocycles. The molecule has 94 valence electrons. The van der Waals surface area contributed by atoms with Gasteiger partial charge in [-0.05, 0) is 49.5 Å². The second-order valence-corrected chi connectivity index (χ2v) is 5.33. The van der Waals surface area contributed by atoms with Crippen molar-refractivity contribution in [3.8, 4) is 0 Å². The highest BCUT2D eigenvalue weighted by molar-refractivity contribution is 6.31. The largest absolute Gasteiger partial charge is 0.299 e. The van der Waals surface area contributed by atoms with Crippen LogP contribution in [0.15, 0.2) is 18.2 Å². The maximum atomic E-state index is 12.9. The van der Waals surface area contributed by atoms with Crippen LogP contribution < -0.4 is 0 Å². The van der Waals surface area contributed by atoms with Crippen molar-refractivity contribution in [1.29, 1.82) is 0 Å². The fraction of sp³-hybridized carbons (Fsp3) is 0.538. The highest BCUT2D eigenvalue weighted by Crippen LogP contribution is 2.23. The van der Waals surface area contributed by atoms with Crippen LogP contribution in [0.3, 0.4) is 0 Å². The third-order valence-electron chi connectivity index (χ3n) is 3.33. The zero-order valence-electron chi connectivity index (χ0n) is 9.63. The van der Waals surface area contributed by atoms with Gasteiger partial charge in [-0.15, -0.1) is 11.6 Å². The average Bonchev–Trinajstić information content (AvgIpc) is 2.34. The summed E-state index contributed by atoms with van der Waals surface area (Å²) in [6.07, 6.45) is 2.28. The Morgan fingerprint density at radius 1 is 1.29 bits per heavy atom. The van der Waals surface area contributed by atoms with Crippen LogP contribution in [0.25, 0.3) is 0 Å². The molecule has 1 fully saturated rings. The van der Waals surface area contributed by atoms with Crippen LogP contribution in [0.4, 0.5) is 4.39 Å². The van der Waals surface area contributed by atoms with Crippen LogP contribution in [-0.4, -0.2) is 23.9 Å². The first-order valence-electron chi connectivity index (χ1n) is 5.91. The third kappa shape index (κ3) is 3.57. The van der Waals surface area contributed by atoms with E-state index in [2.05, 4.69) is 4.90 Å². The predicted molar refractivity (Wildman–Crippen MR) is 70.1 cm³/mol. The Hall–Kier alpha value is -0.310.